The highest BCUT2D eigenvalue weighted by molar-refractivity contribution is 6.20. The van der Waals surface area contributed by atoms with Crippen molar-refractivity contribution in [1.29, 1.82) is 0 Å². The van der Waals surface area contributed by atoms with Crippen molar-refractivity contribution < 1.29 is 14.3 Å². The molecule has 3 heterocycles. The fraction of sp³-hybridized carbons (Fsp3) is 0.500. The van der Waals surface area contributed by atoms with E-state index >= 15 is 0 Å². The Bertz CT molecular complexity index is 679. The third-order valence-corrected chi connectivity index (χ3v) is 3.75. The fourth-order valence-corrected chi connectivity index (χ4v) is 2.52. The summed E-state index contributed by atoms with van der Waals surface area (Å²) in [5, 5.41) is -0.249. The lowest BCUT2D eigenvalue weighted by molar-refractivity contribution is -0.0590. The summed E-state index contributed by atoms with van der Waals surface area (Å²) >= 11 is 6.21. The lowest BCUT2D eigenvalue weighted by Gasteiger charge is -2.27. The van der Waals surface area contributed by atoms with Crippen LogP contribution in [0.3, 0.4) is 0 Å². The summed E-state index contributed by atoms with van der Waals surface area (Å²) in [6.45, 7) is 3.28. The van der Waals surface area contributed by atoms with Crippen LogP contribution in [0.4, 0.5) is 0 Å². The number of esters is 1. The number of halogens is 1. The van der Waals surface area contributed by atoms with E-state index in [1.54, 1.807) is 12.1 Å². The molecule has 0 radical (unpaired) electrons. The molecule has 7 heteroatoms. The minimum Gasteiger partial charge on any atom is -0.464 e. The Kier molecular flexibility index (Phi) is 3.82. The van der Waals surface area contributed by atoms with Gasteiger partial charge in [-0.3, -0.25) is 0 Å². The number of aromatic nitrogens is 3. The average molecular weight is 310 g/mol. The van der Waals surface area contributed by atoms with Gasteiger partial charge >= 0.3 is 5.97 Å². The van der Waals surface area contributed by atoms with E-state index in [2.05, 4.69) is 9.97 Å². The molecule has 0 bridgehead atoms. The van der Waals surface area contributed by atoms with E-state index in [0.717, 1.165) is 18.9 Å². The molecule has 1 fully saturated rings. The molecule has 2 atom stereocenters. The molecule has 1 aliphatic rings. The molecule has 1 aliphatic heterocycles. The van der Waals surface area contributed by atoms with Crippen LogP contribution in [0.2, 0.25) is 0 Å². The molecular weight excluding hydrogens is 294 g/mol. The zero-order valence-corrected chi connectivity index (χ0v) is 12.6. The van der Waals surface area contributed by atoms with Gasteiger partial charge < -0.3 is 14.0 Å². The molecule has 0 unspecified atom stereocenters. The van der Waals surface area contributed by atoms with E-state index in [1.165, 1.54) is 7.11 Å². The molecule has 0 spiro atoms. The van der Waals surface area contributed by atoms with Gasteiger partial charge in [0.1, 0.15) is 11.3 Å². The first-order valence-corrected chi connectivity index (χ1v) is 7.25. The molecule has 0 N–H and O–H groups in total. The van der Waals surface area contributed by atoms with Gasteiger partial charge in [-0.25, -0.2) is 14.8 Å². The number of hydrogen-bond donors (Lipinski definition) is 0. The zero-order chi connectivity index (χ0) is 15.0. The predicted octanol–water partition coefficient (Wildman–Crippen LogP) is 2.31. The molecule has 2 aromatic rings. The standard InChI is InChI=1S/C14H16ClN3O3/c1-8(15)12-16-10-3-4-11(14(19)20-2)17-13(10)18(12)7-9-5-6-21-9/h3-4,8-9H,5-7H2,1-2H3/t8-,9-/m0/s1. The largest absolute Gasteiger partial charge is 0.464 e. The second kappa shape index (κ2) is 5.61. The van der Waals surface area contributed by atoms with E-state index in [1.807, 2.05) is 11.5 Å². The van der Waals surface area contributed by atoms with Crippen molar-refractivity contribution in [1.82, 2.24) is 14.5 Å². The Morgan fingerprint density at radius 3 is 2.90 bits per heavy atom. The second-order valence-electron chi connectivity index (χ2n) is 5.01. The van der Waals surface area contributed by atoms with Crippen molar-refractivity contribution >= 4 is 28.7 Å². The van der Waals surface area contributed by atoms with Crippen LogP contribution >= 0.6 is 11.6 Å². The van der Waals surface area contributed by atoms with Gasteiger partial charge in [0.05, 0.1) is 25.1 Å². The summed E-state index contributed by atoms with van der Waals surface area (Å²) in [7, 11) is 1.33. The zero-order valence-electron chi connectivity index (χ0n) is 11.9. The summed E-state index contributed by atoms with van der Waals surface area (Å²) in [6, 6.07) is 3.36. The molecular formula is C14H16ClN3O3. The quantitative estimate of drug-likeness (QED) is 0.640. The monoisotopic (exact) mass is 309 g/mol. The van der Waals surface area contributed by atoms with Crippen LogP contribution in [-0.2, 0) is 16.0 Å². The molecule has 0 aliphatic carbocycles. The number of ether oxygens (including phenoxy) is 2. The van der Waals surface area contributed by atoms with E-state index in [4.69, 9.17) is 21.1 Å². The molecule has 1 saturated heterocycles. The number of nitrogens with zero attached hydrogens (tertiary/aromatic N) is 3. The van der Waals surface area contributed by atoms with Gasteiger partial charge in [0.2, 0.25) is 0 Å². The summed E-state index contributed by atoms with van der Waals surface area (Å²) in [5.74, 6) is 0.265. The Labute approximate surface area is 127 Å². The Hall–Kier alpha value is -1.66. The SMILES string of the molecule is COC(=O)c1ccc2nc([C@H](C)Cl)n(C[C@@H]3CCO3)c2n1. The minimum atomic E-state index is -0.468. The van der Waals surface area contributed by atoms with E-state index in [-0.39, 0.29) is 17.2 Å². The first-order valence-electron chi connectivity index (χ1n) is 6.81. The first kappa shape index (κ1) is 14.3. The molecule has 2 aromatic heterocycles. The molecule has 3 rings (SSSR count). The maximum atomic E-state index is 11.6. The summed E-state index contributed by atoms with van der Waals surface area (Å²) in [4.78, 5) is 20.5. The number of alkyl halides is 1. The van der Waals surface area contributed by atoms with Gasteiger partial charge in [0.15, 0.2) is 11.3 Å². The highest BCUT2D eigenvalue weighted by atomic mass is 35.5. The Balaban J connectivity index is 2.08. The number of pyridine rings is 1. The molecule has 6 nitrogen and oxygen atoms in total. The molecule has 0 saturated carbocycles. The van der Waals surface area contributed by atoms with Gasteiger partial charge in [-0.05, 0) is 25.5 Å². The lowest BCUT2D eigenvalue weighted by Crippen LogP contribution is -2.32. The smallest absolute Gasteiger partial charge is 0.356 e. The first-order chi connectivity index (χ1) is 10.1. The number of rotatable bonds is 4. The lowest BCUT2D eigenvalue weighted by atomic mass is 10.2. The fourth-order valence-electron chi connectivity index (χ4n) is 2.35. The highest BCUT2D eigenvalue weighted by Crippen LogP contribution is 2.26. The maximum absolute atomic E-state index is 11.6. The summed E-state index contributed by atoms with van der Waals surface area (Å²) in [5.41, 5.74) is 1.61. The number of carbonyl (C=O) groups is 1. The number of fused-ring (bicyclic) bond motifs is 1. The van der Waals surface area contributed by atoms with E-state index in [0.29, 0.717) is 17.7 Å². The number of methoxy groups -OCH3 is 1. The van der Waals surface area contributed by atoms with Gasteiger partial charge in [-0.1, -0.05) is 0 Å². The normalized spacial score (nSPS) is 19.3. The van der Waals surface area contributed by atoms with Crippen molar-refractivity contribution in [3.63, 3.8) is 0 Å². The van der Waals surface area contributed by atoms with Gasteiger partial charge in [-0.2, -0.15) is 0 Å². The van der Waals surface area contributed by atoms with Gasteiger partial charge in [0.25, 0.3) is 0 Å². The van der Waals surface area contributed by atoms with Crippen molar-refractivity contribution in [2.75, 3.05) is 13.7 Å². The maximum Gasteiger partial charge on any atom is 0.356 e. The number of carbonyl (C=O) groups excluding carboxylic acids is 1. The van der Waals surface area contributed by atoms with Crippen LogP contribution in [0.1, 0.15) is 35.0 Å². The van der Waals surface area contributed by atoms with Crippen molar-refractivity contribution in [3.05, 3.63) is 23.7 Å². The number of imidazole rings is 1. The molecule has 0 amide bonds. The van der Waals surface area contributed by atoms with E-state index < -0.39 is 5.97 Å². The third-order valence-electron chi connectivity index (χ3n) is 3.55. The highest BCUT2D eigenvalue weighted by Gasteiger charge is 2.24. The van der Waals surface area contributed by atoms with Gasteiger partial charge in [0, 0.05) is 6.61 Å². The third kappa shape index (κ3) is 2.61. The van der Waals surface area contributed by atoms with Crippen LogP contribution in [-0.4, -0.2) is 40.3 Å². The van der Waals surface area contributed by atoms with Crippen LogP contribution in [0.5, 0.6) is 0 Å². The molecule has 112 valence electrons. The predicted molar refractivity (Wildman–Crippen MR) is 77.5 cm³/mol. The van der Waals surface area contributed by atoms with Crippen molar-refractivity contribution in [2.45, 2.75) is 31.4 Å². The topological polar surface area (TPSA) is 66.2 Å². The van der Waals surface area contributed by atoms with Crippen LogP contribution in [0.15, 0.2) is 12.1 Å². The molecule has 21 heavy (non-hydrogen) atoms. The van der Waals surface area contributed by atoms with Crippen LogP contribution in [0.25, 0.3) is 11.2 Å². The average Bonchev–Trinajstić information content (AvgIpc) is 2.80. The van der Waals surface area contributed by atoms with Crippen molar-refractivity contribution in [3.8, 4) is 0 Å². The summed E-state index contributed by atoms with van der Waals surface area (Å²) < 4.78 is 12.1. The van der Waals surface area contributed by atoms with Crippen LogP contribution < -0.4 is 0 Å². The van der Waals surface area contributed by atoms with Crippen LogP contribution in [0, 0.1) is 0 Å². The summed E-state index contributed by atoms with van der Waals surface area (Å²) in [6.07, 6.45) is 1.16. The Morgan fingerprint density at radius 2 is 2.33 bits per heavy atom. The van der Waals surface area contributed by atoms with Gasteiger partial charge in [-0.15, -0.1) is 11.6 Å². The second-order valence-corrected chi connectivity index (χ2v) is 5.66. The minimum absolute atomic E-state index is 0.153. The molecule has 0 aromatic carbocycles. The number of hydrogen-bond acceptors (Lipinski definition) is 5. The van der Waals surface area contributed by atoms with Crippen molar-refractivity contribution in [2.24, 2.45) is 0 Å². The Morgan fingerprint density at radius 1 is 1.57 bits per heavy atom. The van der Waals surface area contributed by atoms with E-state index in [9.17, 15) is 4.79 Å².